The molecule has 0 radical (unpaired) electrons. The van der Waals surface area contributed by atoms with E-state index >= 15 is 0 Å². The number of methoxy groups -OCH3 is 1. The van der Waals surface area contributed by atoms with E-state index in [1.54, 1.807) is 20.2 Å². The minimum absolute atomic E-state index is 0.164. The van der Waals surface area contributed by atoms with Crippen LogP contribution in [0.5, 0.6) is 17.2 Å². The highest BCUT2D eigenvalue weighted by molar-refractivity contribution is 6.31. The van der Waals surface area contributed by atoms with Gasteiger partial charge in [-0.2, -0.15) is 0 Å². The molecular weight excluding hydrogens is 402 g/mol. The number of carbonyl (C=O) groups is 1. The van der Waals surface area contributed by atoms with Crippen LogP contribution in [-0.4, -0.2) is 30.9 Å². The summed E-state index contributed by atoms with van der Waals surface area (Å²) in [6.07, 6.45) is 0. The van der Waals surface area contributed by atoms with Crippen LogP contribution >= 0.6 is 11.6 Å². The second-order valence-electron chi connectivity index (χ2n) is 7.23. The van der Waals surface area contributed by atoms with Crippen molar-refractivity contribution in [3.8, 4) is 28.4 Å². The van der Waals surface area contributed by atoms with Crippen molar-refractivity contribution in [2.45, 2.75) is 5.54 Å². The minimum atomic E-state index is -1.29. The van der Waals surface area contributed by atoms with Crippen LogP contribution in [0.1, 0.15) is 11.1 Å². The Kier molecular flexibility index (Phi) is 4.01. The maximum atomic E-state index is 13.5. The number of fused-ring (bicyclic) bond motifs is 4. The summed E-state index contributed by atoms with van der Waals surface area (Å²) >= 11 is 6.27. The number of aliphatic imine (C=N–C) groups is 1. The molecule has 7 heteroatoms. The predicted octanol–water partition coefficient (Wildman–Crippen LogP) is 4.15. The molecule has 2 aliphatic heterocycles. The zero-order chi connectivity index (χ0) is 21.0. The quantitative estimate of drug-likeness (QED) is 0.676. The lowest BCUT2D eigenvalue weighted by molar-refractivity contribution is -0.129. The molecule has 30 heavy (non-hydrogen) atoms. The van der Waals surface area contributed by atoms with Gasteiger partial charge in [0, 0.05) is 23.2 Å². The van der Waals surface area contributed by atoms with Gasteiger partial charge in [0.2, 0.25) is 5.54 Å². The number of guanidine groups is 1. The Morgan fingerprint density at radius 2 is 1.80 bits per heavy atom. The van der Waals surface area contributed by atoms with Gasteiger partial charge in [0.15, 0.2) is 5.96 Å². The number of benzene rings is 3. The highest BCUT2D eigenvalue weighted by atomic mass is 35.5. The van der Waals surface area contributed by atoms with Crippen LogP contribution in [0.25, 0.3) is 11.1 Å². The molecular formula is C23H18ClN3O3. The molecule has 0 fully saturated rings. The first-order chi connectivity index (χ1) is 14.4. The van der Waals surface area contributed by atoms with Gasteiger partial charge >= 0.3 is 0 Å². The zero-order valence-electron chi connectivity index (χ0n) is 16.3. The number of para-hydroxylation sites is 1. The Morgan fingerprint density at radius 3 is 2.53 bits per heavy atom. The molecule has 1 unspecified atom stereocenters. The van der Waals surface area contributed by atoms with Gasteiger partial charge in [0.1, 0.15) is 17.2 Å². The summed E-state index contributed by atoms with van der Waals surface area (Å²) < 4.78 is 11.5. The molecule has 0 saturated carbocycles. The van der Waals surface area contributed by atoms with E-state index in [4.69, 9.17) is 26.8 Å². The van der Waals surface area contributed by atoms with Gasteiger partial charge in [-0.15, -0.1) is 0 Å². The lowest BCUT2D eigenvalue weighted by Gasteiger charge is -2.33. The summed E-state index contributed by atoms with van der Waals surface area (Å²) in [4.78, 5) is 19.5. The third-order valence-corrected chi connectivity index (χ3v) is 5.76. The average Bonchev–Trinajstić information content (AvgIpc) is 2.98. The van der Waals surface area contributed by atoms with Gasteiger partial charge in [-0.05, 0) is 47.5 Å². The van der Waals surface area contributed by atoms with Crippen LogP contribution < -0.4 is 15.2 Å². The van der Waals surface area contributed by atoms with E-state index in [1.165, 1.54) is 4.90 Å². The molecule has 0 aromatic heterocycles. The number of halogens is 1. The number of likely N-dealkylation sites (N-methyl/N-ethyl adjacent to an activating group) is 1. The Balaban J connectivity index is 1.77. The molecule has 5 rings (SSSR count). The fraction of sp³-hybridized carbons (Fsp3) is 0.130. The maximum absolute atomic E-state index is 13.5. The highest BCUT2D eigenvalue weighted by Gasteiger charge is 2.54. The summed E-state index contributed by atoms with van der Waals surface area (Å²) in [5.74, 6) is 1.73. The number of nitrogens with zero attached hydrogens (tertiary/aromatic N) is 2. The van der Waals surface area contributed by atoms with Crippen LogP contribution in [0.15, 0.2) is 65.7 Å². The fourth-order valence-corrected chi connectivity index (χ4v) is 4.26. The summed E-state index contributed by atoms with van der Waals surface area (Å²) in [5.41, 5.74) is 7.79. The van der Waals surface area contributed by atoms with Gasteiger partial charge in [0.05, 0.1) is 7.11 Å². The van der Waals surface area contributed by atoms with Crippen molar-refractivity contribution >= 4 is 23.5 Å². The van der Waals surface area contributed by atoms with Crippen molar-refractivity contribution in [3.05, 3.63) is 76.8 Å². The molecule has 2 aliphatic rings. The standard InChI is InChI=1S/C23H18ClN3O3/c1-27-21(28)23(26-22(27)25)17-5-3-4-6-19(17)30-20-8-7-13(11-18(20)23)14-9-15(24)12-16(10-14)29-2/h3-12H,1-2H3,(H2,25,26). The van der Waals surface area contributed by atoms with Crippen LogP contribution in [0.2, 0.25) is 5.02 Å². The van der Waals surface area contributed by atoms with Crippen LogP contribution in [0.4, 0.5) is 0 Å². The maximum Gasteiger partial charge on any atom is 0.266 e. The summed E-state index contributed by atoms with van der Waals surface area (Å²) in [6.45, 7) is 0. The molecule has 6 nitrogen and oxygen atoms in total. The second kappa shape index (κ2) is 6.50. The van der Waals surface area contributed by atoms with Crippen LogP contribution in [0, 0.1) is 0 Å². The zero-order valence-corrected chi connectivity index (χ0v) is 17.1. The predicted molar refractivity (Wildman–Crippen MR) is 115 cm³/mol. The topological polar surface area (TPSA) is 77.2 Å². The monoisotopic (exact) mass is 419 g/mol. The van der Waals surface area contributed by atoms with Gasteiger partial charge in [0.25, 0.3) is 5.91 Å². The smallest absolute Gasteiger partial charge is 0.266 e. The van der Waals surface area contributed by atoms with Crippen LogP contribution in [0.3, 0.4) is 0 Å². The number of hydrogen-bond donors (Lipinski definition) is 1. The average molecular weight is 420 g/mol. The first kappa shape index (κ1) is 18.5. The molecule has 1 amide bonds. The van der Waals surface area contributed by atoms with Crippen molar-refractivity contribution in [2.24, 2.45) is 10.7 Å². The SMILES string of the molecule is COc1cc(Cl)cc(-c2ccc3c(c2)C2(N=C(N)N(C)C2=O)c2ccccc2O3)c1. The first-order valence-corrected chi connectivity index (χ1v) is 9.72. The van der Waals surface area contributed by atoms with Gasteiger partial charge in [-0.25, -0.2) is 4.99 Å². The Bertz CT molecular complexity index is 1240. The van der Waals surface area contributed by atoms with Crippen molar-refractivity contribution in [1.29, 1.82) is 0 Å². The van der Waals surface area contributed by atoms with Gasteiger partial charge in [-0.3, -0.25) is 9.69 Å². The largest absolute Gasteiger partial charge is 0.497 e. The number of amides is 1. The molecule has 3 aromatic carbocycles. The van der Waals surface area contributed by atoms with Crippen molar-refractivity contribution in [2.75, 3.05) is 14.2 Å². The molecule has 0 aliphatic carbocycles. The number of ether oxygens (including phenoxy) is 2. The Morgan fingerprint density at radius 1 is 1.03 bits per heavy atom. The van der Waals surface area contributed by atoms with E-state index in [2.05, 4.69) is 4.99 Å². The van der Waals surface area contributed by atoms with Gasteiger partial charge < -0.3 is 15.2 Å². The normalized spacial score (nSPS) is 19.2. The van der Waals surface area contributed by atoms with Crippen molar-refractivity contribution < 1.29 is 14.3 Å². The minimum Gasteiger partial charge on any atom is -0.497 e. The Labute approximate surface area is 178 Å². The molecule has 0 saturated heterocycles. The van der Waals surface area contributed by atoms with E-state index in [9.17, 15) is 4.79 Å². The Hall–Kier alpha value is -3.51. The second-order valence-corrected chi connectivity index (χ2v) is 7.67. The van der Waals surface area contributed by atoms with E-state index < -0.39 is 5.54 Å². The van der Waals surface area contributed by atoms with E-state index in [-0.39, 0.29) is 11.9 Å². The molecule has 3 aromatic rings. The lowest BCUT2D eigenvalue weighted by atomic mass is 9.79. The molecule has 150 valence electrons. The summed E-state index contributed by atoms with van der Waals surface area (Å²) in [7, 11) is 3.21. The van der Waals surface area contributed by atoms with E-state index in [1.807, 2.05) is 54.6 Å². The molecule has 2 N–H and O–H groups in total. The van der Waals surface area contributed by atoms with E-state index in [0.717, 1.165) is 11.1 Å². The molecule has 1 spiro atoms. The number of carbonyl (C=O) groups excluding carboxylic acids is 1. The highest BCUT2D eigenvalue weighted by Crippen LogP contribution is 2.52. The molecule has 1 atom stereocenters. The van der Waals surface area contributed by atoms with Crippen molar-refractivity contribution in [3.63, 3.8) is 0 Å². The third kappa shape index (κ3) is 2.50. The van der Waals surface area contributed by atoms with Gasteiger partial charge in [-0.1, -0.05) is 35.9 Å². The number of rotatable bonds is 2. The molecule has 2 heterocycles. The number of nitrogens with two attached hydrogens (primary N) is 1. The summed E-state index contributed by atoms with van der Waals surface area (Å²) in [5, 5.41) is 0.553. The molecule has 0 bridgehead atoms. The number of hydrogen-bond acceptors (Lipinski definition) is 5. The third-order valence-electron chi connectivity index (χ3n) is 5.55. The fourth-order valence-electron chi connectivity index (χ4n) is 4.04. The first-order valence-electron chi connectivity index (χ1n) is 9.34. The van der Waals surface area contributed by atoms with E-state index in [0.29, 0.717) is 33.4 Å². The van der Waals surface area contributed by atoms with Crippen LogP contribution in [-0.2, 0) is 10.3 Å². The lowest BCUT2D eigenvalue weighted by Crippen LogP contribution is -2.42. The van der Waals surface area contributed by atoms with Crippen molar-refractivity contribution in [1.82, 2.24) is 4.90 Å². The summed E-state index contributed by atoms with van der Waals surface area (Å²) in [6, 6.07) is 18.5.